The summed E-state index contributed by atoms with van der Waals surface area (Å²) in [7, 11) is 1.72. The first kappa shape index (κ1) is 15.4. The van der Waals surface area contributed by atoms with Gasteiger partial charge in [-0.1, -0.05) is 38.1 Å². The van der Waals surface area contributed by atoms with Crippen LogP contribution in [-0.2, 0) is 11.3 Å². The molecule has 0 amide bonds. The van der Waals surface area contributed by atoms with Gasteiger partial charge in [0, 0.05) is 20.2 Å². The van der Waals surface area contributed by atoms with E-state index >= 15 is 0 Å². The van der Waals surface area contributed by atoms with E-state index in [9.17, 15) is 0 Å². The highest BCUT2D eigenvalue weighted by Gasteiger charge is 1.98. The van der Waals surface area contributed by atoms with Crippen molar-refractivity contribution >= 4 is 0 Å². The highest BCUT2D eigenvalue weighted by atomic mass is 35.5. The Kier molecular flexibility index (Phi) is 8.26. The van der Waals surface area contributed by atoms with E-state index in [0.717, 1.165) is 19.7 Å². The van der Waals surface area contributed by atoms with E-state index in [2.05, 4.69) is 43.4 Å². The maximum Gasteiger partial charge on any atom is 0.0587 e. The molecular formula is C13H21ClNO-. The zero-order chi connectivity index (χ0) is 11.1. The Hall–Kier alpha value is -0.570. The van der Waals surface area contributed by atoms with Crippen LogP contribution in [0.15, 0.2) is 24.3 Å². The SMILES string of the molecule is COCCNCc1ccc(C(C)C)cc1.[Cl-]. The van der Waals surface area contributed by atoms with Gasteiger partial charge in [0.05, 0.1) is 6.61 Å². The fraction of sp³-hybridized carbons (Fsp3) is 0.538. The molecule has 0 unspecified atom stereocenters. The zero-order valence-electron chi connectivity index (χ0n) is 10.3. The van der Waals surface area contributed by atoms with Gasteiger partial charge in [-0.05, 0) is 17.0 Å². The van der Waals surface area contributed by atoms with E-state index in [1.54, 1.807) is 7.11 Å². The van der Waals surface area contributed by atoms with Gasteiger partial charge in [-0.2, -0.15) is 0 Å². The molecule has 3 heteroatoms. The second kappa shape index (κ2) is 8.57. The van der Waals surface area contributed by atoms with Gasteiger partial charge in [0.25, 0.3) is 0 Å². The fourth-order valence-electron chi connectivity index (χ4n) is 1.43. The molecule has 0 aliphatic heterocycles. The second-order valence-corrected chi connectivity index (χ2v) is 4.07. The molecular weight excluding hydrogens is 222 g/mol. The van der Waals surface area contributed by atoms with E-state index in [4.69, 9.17) is 4.74 Å². The first-order chi connectivity index (χ1) is 7.24. The number of benzene rings is 1. The molecule has 0 fully saturated rings. The van der Waals surface area contributed by atoms with Crippen molar-refractivity contribution in [2.24, 2.45) is 0 Å². The summed E-state index contributed by atoms with van der Waals surface area (Å²) in [5.74, 6) is 0.612. The molecule has 1 aromatic carbocycles. The number of nitrogens with one attached hydrogen (secondary N) is 1. The Morgan fingerprint density at radius 2 is 1.81 bits per heavy atom. The molecule has 0 saturated carbocycles. The molecule has 0 spiro atoms. The molecule has 0 aromatic heterocycles. The Balaban J connectivity index is 0.00000225. The lowest BCUT2D eigenvalue weighted by molar-refractivity contribution is -0.00000366. The van der Waals surface area contributed by atoms with E-state index in [1.807, 2.05) is 0 Å². The third-order valence-corrected chi connectivity index (χ3v) is 2.46. The monoisotopic (exact) mass is 242 g/mol. The smallest absolute Gasteiger partial charge is 0.0587 e. The van der Waals surface area contributed by atoms with E-state index in [-0.39, 0.29) is 12.4 Å². The molecule has 0 saturated heterocycles. The summed E-state index contributed by atoms with van der Waals surface area (Å²) in [6, 6.07) is 8.79. The summed E-state index contributed by atoms with van der Waals surface area (Å²) in [4.78, 5) is 0. The molecule has 0 atom stereocenters. The van der Waals surface area contributed by atoms with Gasteiger partial charge in [0.15, 0.2) is 0 Å². The lowest BCUT2D eigenvalue weighted by atomic mass is 10.0. The number of hydrogen-bond acceptors (Lipinski definition) is 2. The summed E-state index contributed by atoms with van der Waals surface area (Å²) in [5, 5.41) is 3.33. The average molecular weight is 243 g/mol. The first-order valence-electron chi connectivity index (χ1n) is 5.52. The molecule has 0 heterocycles. The molecule has 0 aliphatic rings. The van der Waals surface area contributed by atoms with Crippen molar-refractivity contribution in [3.05, 3.63) is 35.4 Å². The summed E-state index contributed by atoms with van der Waals surface area (Å²) >= 11 is 0. The van der Waals surface area contributed by atoms with Gasteiger partial charge in [0.2, 0.25) is 0 Å². The van der Waals surface area contributed by atoms with Crippen molar-refractivity contribution < 1.29 is 17.1 Å². The fourth-order valence-corrected chi connectivity index (χ4v) is 1.43. The Labute approximate surface area is 105 Å². The van der Waals surface area contributed by atoms with Gasteiger partial charge >= 0.3 is 0 Å². The molecule has 0 bridgehead atoms. The van der Waals surface area contributed by atoms with E-state index in [1.165, 1.54) is 11.1 Å². The lowest BCUT2D eigenvalue weighted by Gasteiger charge is -2.07. The summed E-state index contributed by atoms with van der Waals surface area (Å²) in [6.45, 7) is 7.02. The number of halogens is 1. The third kappa shape index (κ3) is 5.50. The molecule has 92 valence electrons. The van der Waals surface area contributed by atoms with Gasteiger partial charge in [-0.15, -0.1) is 0 Å². The van der Waals surface area contributed by atoms with E-state index in [0.29, 0.717) is 5.92 Å². The lowest BCUT2D eigenvalue weighted by Crippen LogP contribution is -3.00. The molecule has 1 aromatic rings. The van der Waals surface area contributed by atoms with Crippen LogP contribution < -0.4 is 17.7 Å². The summed E-state index contributed by atoms with van der Waals surface area (Å²) in [5.41, 5.74) is 2.73. The molecule has 1 rings (SSSR count). The van der Waals surface area contributed by atoms with Crippen molar-refractivity contribution in [3.8, 4) is 0 Å². The molecule has 0 aliphatic carbocycles. The zero-order valence-corrected chi connectivity index (χ0v) is 11.1. The van der Waals surface area contributed by atoms with Crippen LogP contribution in [0.1, 0.15) is 30.9 Å². The van der Waals surface area contributed by atoms with Gasteiger partial charge in [0.1, 0.15) is 0 Å². The van der Waals surface area contributed by atoms with Gasteiger partial charge in [-0.3, -0.25) is 0 Å². The second-order valence-electron chi connectivity index (χ2n) is 4.07. The topological polar surface area (TPSA) is 21.3 Å². The van der Waals surface area contributed by atoms with Gasteiger partial charge in [-0.25, -0.2) is 0 Å². The Morgan fingerprint density at radius 3 is 2.31 bits per heavy atom. The van der Waals surface area contributed by atoms with Crippen molar-refractivity contribution in [3.63, 3.8) is 0 Å². The number of rotatable bonds is 6. The number of methoxy groups -OCH3 is 1. The van der Waals surface area contributed by atoms with Crippen LogP contribution in [0.25, 0.3) is 0 Å². The van der Waals surface area contributed by atoms with Crippen LogP contribution in [0.5, 0.6) is 0 Å². The van der Waals surface area contributed by atoms with Crippen molar-refractivity contribution in [2.75, 3.05) is 20.3 Å². The minimum Gasteiger partial charge on any atom is -1.00 e. The van der Waals surface area contributed by atoms with Crippen LogP contribution in [0, 0.1) is 0 Å². The summed E-state index contributed by atoms with van der Waals surface area (Å²) < 4.78 is 4.97. The minimum atomic E-state index is 0. The minimum absolute atomic E-state index is 0. The van der Waals surface area contributed by atoms with Gasteiger partial charge < -0.3 is 22.5 Å². The third-order valence-electron chi connectivity index (χ3n) is 2.46. The highest BCUT2D eigenvalue weighted by Crippen LogP contribution is 2.14. The Morgan fingerprint density at radius 1 is 1.19 bits per heavy atom. The number of hydrogen-bond donors (Lipinski definition) is 1. The molecule has 0 radical (unpaired) electrons. The van der Waals surface area contributed by atoms with Crippen molar-refractivity contribution in [1.29, 1.82) is 0 Å². The maximum absolute atomic E-state index is 4.97. The van der Waals surface area contributed by atoms with Crippen LogP contribution in [0.3, 0.4) is 0 Å². The first-order valence-corrected chi connectivity index (χ1v) is 5.52. The van der Waals surface area contributed by atoms with Crippen LogP contribution in [-0.4, -0.2) is 20.3 Å². The molecule has 1 N–H and O–H groups in total. The Bertz CT molecular complexity index is 272. The maximum atomic E-state index is 4.97. The van der Waals surface area contributed by atoms with Crippen molar-refractivity contribution in [1.82, 2.24) is 5.32 Å². The highest BCUT2D eigenvalue weighted by molar-refractivity contribution is 5.24. The predicted octanol–water partition coefficient (Wildman–Crippen LogP) is -0.450. The van der Waals surface area contributed by atoms with Crippen LogP contribution in [0.4, 0.5) is 0 Å². The quantitative estimate of drug-likeness (QED) is 0.683. The van der Waals surface area contributed by atoms with Crippen molar-refractivity contribution in [2.45, 2.75) is 26.3 Å². The largest absolute Gasteiger partial charge is 1.00 e. The van der Waals surface area contributed by atoms with E-state index < -0.39 is 0 Å². The predicted molar refractivity (Wildman–Crippen MR) is 64.1 cm³/mol. The van der Waals surface area contributed by atoms with Crippen LogP contribution in [0.2, 0.25) is 0 Å². The van der Waals surface area contributed by atoms with Crippen LogP contribution >= 0.6 is 0 Å². The normalized spacial score (nSPS) is 10.2. The standard InChI is InChI=1S/C13H21NO.ClH/c1-11(2)13-6-4-12(5-7-13)10-14-8-9-15-3;/h4-7,11,14H,8-10H2,1-3H3;1H/p-1. The molecule has 16 heavy (non-hydrogen) atoms. The molecule has 2 nitrogen and oxygen atoms in total. The summed E-state index contributed by atoms with van der Waals surface area (Å²) in [6.07, 6.45) is 0. The number of ether oxygens (including phenoxy) is 1. The average Bonchev–Trinajstić information content (AvgIpc) is 2.25.